The highest BCUT2D eigenvalue weighted by atomic mass is 16.7. The van der Waals surface area contributed by atoms with Crippen LogP contribution in [0.2, 0.25) is 0 Å². The van der Waals surface area contributed by atoms with Crippen molar-refractivity contribution in [1.29, 1.82) is 0 Å². The van der Waals surface area contributed by atoms with Gasteiger partial charge in [-0.15, -0.1) is 6.58 Å². The van der Waals surface area contributed by atoms with Crippen LogP contribution in [0.5, 0.6) is 0 Å². The summed E-state index contributed by atoms with van der Waals surface area (Å²) in [4.78, 5) is 0. The van der Waals surface area contributed by atoms with Gasteiger partial charge in [0.1, 0.15) is 12.2 Å². The van der Waals surface area contributed by atoms with E-state index in [9.17, 15) is 0 Å². The summed E-state index contributed by atoms with van der Waals surface area (Å²) < 4.78 is 18.6. The van der Waals surface area contributed by atoms with Crippen LogP contribution in [-0.2, 0) is 20.8 Å². The Labute approximate surface area is 181 Å². The molecule has 4 nitrogen and oxygen atoms in total. The molecular formula is C26H35NO3. The molecule has 1 fully saturated rings. The maximum Gasteiger partial charge on any atom is 0.163 e. The Morgan fingerprint density at radius 2 is 1.73 bits per heavy atom. The largest absolute Gasteiger partial charge is 0.369 e. The van der Waals surface area contributed by atoms with Crippen molar-refractivity contribution < 1.29 is 14.2 Å². The molecule has 0 bridgehead atoms. The minimum atomic E-state index is -0.605. The Hall–Kier alpha value is -1.98. The molecule has 1 aliphatic rings. The lowest BCUT2D eigenvalue weighted by Crippen LogP contribution is -2.52. The van der Waals surface area contributed by atoms with Gasteiger partial charge in [-0.25, -0.2) is 0 Å². The molecule has 1 aliphatic heterocycles. The van der Waals surface area contributed by atoms with E-state index in [4.69, 9.17) is 14.2 Å². The van der Waals surface area contributed by atoms with Crippen LogP contribution in [0, 0.1) is 5.92 Å². The normalized spacial score (nSPS) is 22.2. The van der Waals surface area contributed by atoms with Gasteiger partial charge in [-0.2, -0.15) is 0 Å². The number of nitrogens with one attached hydrogen (secondary N) is 1. The zero-order valence-corrected chi connectivity index (χ0v) is 18.6. The van der Waals surface area contributed by atoms with Crippen LogP contribution < -0.4 is 5.32 Å². The van der Waals surface area contributed by atoms with E-state index in [-0.39, 0.29) is 30.2 Å². The number of hydrogen-bond donors (Lipinski definition) is 1. The van der Waals surface area contributed by atoms with Crippen LogP contribution in [0.4, 0.5) is 0 Å². The first-order valence-electron chi connectivity index (χ1n) is 10.8. The maximum atomic E-state index is 6.51. The lowest BCUT2D eigenvalue weighted by molar-refractivity contribution is -0.163. The van der Waals surface area contributed by atoms with Gasteiger partial charge < -0.3 is 19.5 Å². The van der Waals surface area contributed by atoms with Crippen LogP contribution in [0.25, 0.3) is 0 Å². The molecule has 2 aromatic rings. The Morgan fingerprint density at radius 1 is 1.10 bits per heavy atom. The predicted octanol–water partition coefficient (Wildman–Crippen LogP) is 5.26. The van der Waals surface area contributed by atoms with E-state index in [2.05, 4.69) is 62.1 Å². The molecule has 3 rings (SSSR count). The van der Waals surface area contributed by atoms with Gasteiger partial charge in [0.05, 0.1) is 13.2 Å². The summed E-state index contributed by atoms with van der Waals surface area (Å²) in [6.07, 6.45) is 1.63. The molecule has 0 aliphatic carbocycles. The van der Waals surface area contributed by atoms with Crippen molar-refractivity contribution in [2.45, 2.75) is 64.4 Å². The Bertz CT molecular complexity index is 777. The lowest BCUT2D eigenvalue weighted by atomic mass is 9.91. The van der Waals surface area contributed by atoms with E-state index in [0.717, 1.165) is 5.56 Å². The van der Waals surface area contributed by atoms with E-state index in [1.807, 2.05) is 44.2 Å². The molecule has 2 aromatic carbocycles. The van der Waals surface area contributed by atoms with Gasteiger partial charge in [-0.05, 0) is 37.8 Å². The summed E-state index contributed by atoms with van der Waals surface area (Å²) in [5, 5.41) is 3.79. The first-order valence-corrected chi connectivity index (χ1v) is 10.8. The average Bonchev–Trinajstić information content (AvgIpc) is 3.13. The minimum absolute atomic E-state index is 0.0175. The van der Waals surface area contributed by atoms with E-state index in [1.165, 1.54) is 5.56 Å². The van der Waals surface area contributed by atoms with E-state index in [1.54, 1.807) is 0 Å². The molecule has 0 amide bonds. The van der Waals surface area contributed by atoms with Crippen LogP contribution in [0.15, 0.2) is 73.3 Å². The van der Waals surface area contributed by atoms with Gasteiger partial charge in [0, 0.05) is 12.1 Å². The molecule has 0 aromatic heterocycles. The van der Waals surface area contributed by atoms with Crippen LogP contribution >= 0.6 is 0 Å². The van der Waals surface area contributed by atoms with Crippen molar-refractivity contribution in [3.8, 4) is 0 Å². The molecule has 0 saturated carbocycles. The Kier molecular flexibility index (Phi) is 7.84. The van der Waals surface area contributed by atoms with Gasteiger partial charge in [-0.3, -0.25) is 0 Å². The van der Waals surface area contributed by atoms with Crippen LogP contribution in [0.1, 0.15) is 44.9 Å². The summed E-state index contributed by atoms with van der Waals surface area (Å²) in [5.74, 6) is -0.421. The molecular weight excluding hydrogens is 374 g/mol. The first-order chi connectivity index (χ1) is 14.4. The average molecular weight is 410 g/mol. The highest BCUT2D eigenvalue weighted by Gasteiger charge is 2.42. The van der Waals surface area contributed by atoms with E-state index in [0.29, 0.717) is 13.2 Å². The second-order valence-corrected chi connectivity index (χ2v) is 8.55. The molecule has 5 atom stereocenters. The highest BCUT2D eigenvalue weighted by Crippen LogP contribution is 2.30. The third-order valence-corrected chi connectivity index (χ3v) is 5.72. The minimum Gasteiger partial charge on any atom is -0.369 e. The van der Waals surface area contributed by atoms with Gasteiger partial charge in [0.2, 0.25) is 0 Å². The molecule has 1 saturated heterocycles. The SMILES string of the molecule is C=CC(C)C(N[C@H](C)c1ccccc1)C(OCc1ccccc1)[C@@H]1COC(C)(C)O1. The smallest absolute Gasteiger partial charge is 0.163 e. The third-order valence-electron chi connectivity index (χ3n) is 5.72. The number of ether oxygens (including phenoxy) is 3. The topological polar surface area (TPSA) is 39.7 Å². The molecule has 30 heavy (non-hydrogen) atoms. The first kappa shape index (κ1) is 22.7. The predicted molar refractivity (Wildman–Crippen MR) is 121 cm³/mol. The molecule has 162 valence electrons. The van der Waals surface area contributed by atoms with Crippen molar-refractivity contribution in [2.75, 3.05) is 6.61 Å². The van der Waals surface area contributed by atoms with Gasteiger partial charge in [-0.1, -0.05) is 73.7 Å². The monoisotopic (exact) mass is 409 g/mol. The van der Waals surface area contributed by atoms with Crippen molar-refractivity contribution >= 4 is 0 Å². The standard InChI is InChI=1S/C26H35NO3/c1-6-19(2)24(27-20(3)22-15-11-8-12-16-22)25(23-18-29-26(4,5)30-23)28-17-21-13-9-7-10-14-21/h6-16,19-20,23-25,27H,1,17-18H2,2-5H3/t19?,20-,23+,24?,25?/m1/s1. The second-order valence-electron chi connectivity index (χ2n) is 8.55. The molecule has 1 N–H and O–H groups in total. The summed E-state index contributed by atoms with van der Waals surface area (Å²) in [6.45, 7) is 13.3. The second kappa shape index (κ2) is 10.4. The molecule has 1 heterocycles. The van der Waals surface area contributed by atoms with E-state index < -0.39 is 5.79 Å². The zero-order chi connectivity index (χ0) is 21.6. The molecule has 3 unspecified atom stereocenters. The summed E-state index contributed by atoms with van der Waals surface area (Å²) in [6, 6.07) is 20.9. The summed E-state index contributed by atoms with van der Waals surface area (Å²) in [7, 11) is 0. The summed E-state index contributed by atoms with van der Waals surface area (Å²) in [5.41, 5.74) is 2.38. The van der Waals surface area contributed by atoms with E-state index >= 15 is 0 Å². The van der Waals surface area contributed by atoms with Crippen molar-refractivity contribution in [1.82, 2.24) is 5.32 Å². The zero-order valence-electron chi connectivity index (χ0n) is 18.6. The van der Waals surface area contributed by atoms with Gasteiger partial charge in [0.15, 0.2) is 5.79 Å². The fourth-order valence-electron chi connectivity index (χ4n) is 3.91. The number of rotatable bonds is 10. The van der Waals surface area contributed by atoms with Gasteiger partial charge in [0.25, 0.3) is 0 Å². The fraction of sp³-hybridized carbons (Fsp3) is 0.462. The number of benzene rings is 2. The maximum absolute atomic E-state index is 6.51. The number of hydrogen-bond acceptors (Lipinski definition) is 4. The molecule has 4 heteroatoms. The quantitative estimate of drug-likeness (QED) is 0.543. The summed E-state index contributed by atoms with van der Waals surface area (Å²) >= 11 is 0. The fourth-order valence-corrected chi connectivity index (χ4v) is 3.91. The van der Waals surface area contributed by atoms with Crippen molar-refractivity contribution in [2.24, 2.45) is 5.92 Å². The molecule has 0 radical (unpaired) electrons. The van der Waals surface area contributed by atoms with Crippen molar-refractivity contribution in [3.05, 3.63) is 84.4 Å². The lowest BCUT2D eigenvalue weighted by Gasteiger charge is -2.36. The van der Waals surface area contributed by atoms with Crippen LogP contribution in [0.3, 0.4) is 0 Å². The van der Waals surface area contributed by atoms with Crippen LogP contribution in [-0.4, -0.2) is 30.6 Å². The van der Waals surface area contributed by atoms with Crippen molar-refractivity contribution in [3.63, 3.8) is 0 Å². The Balaban J connectivity index is 1.82. The Morgan fingerprint density at radius 3 is 2.30 bits per heavy atom. The highest BCUT2D eigenvalue weighted by molar-refractivity contribution is 5.19. The third kappa shape index (κ3) is 6.02. The van der Waals surface area contributed by atoms with Gasteiger partial charge >= 0.3 is 0 Å². The molecule has 0 spiro atoms.